The van der Waals surface area contributed by atoms with Gasteiger partial charge in [-0.15, -0.1) is 0 Å². The number of aryl methyl sites for hydroxylation is 1. The van der Waals surface area contributed by atoms with Crippen LogP contribution in [0.3, 0.4) is 0 Å². The van der Waals surface area contributed by atoms with Crippen LogP contribution in [0.1, 0.15) is 43.4 Å². The molecule has 1 heterocycles. The Kier molecular flexibility index (Phi) is 6.14. The first-order valence-electron chi connectivity index (χ1n) is 11.2. The van der Waals surface area contributed by atoms with Gasteiger partial charge in [-0.3, -0.25) is 4.79 Å². The Labute approximate surface area is 180 Å². The van der Waals surface area contributed by atoms with E-state index < -0.39 is 0 Å². The molecule has 30 heavy (non-hydrogen) atoms. The number of likely N-dealkylation sites (tertiary alicyclic amines) is 1. The van der Waals surface area contributed by atoms with E-state index in [1.807, 2.05) is 38.1 Å². The number of fused-ring (bicyclic) bond motifs is 2. The molecule has 0 N–H and O–H groups in total. The summed E-state index contributed by atoms with van der Waals surface area (Å²) in [6, 6.07) is 17.4. The molecular formula is C26H34N2O2. The lowest BCUT2D eigenvalue weighted by Crippen LogP contribution is -2.51. The number of carbonyl (C=O) groups is 1. The third-order valence-corrected chi connectivity index (χ3v) is 6.55. The Morgan fingerprint density at radius 1 is 1.07 bits per heavy atom. The smallest absolute Gasteiger partial charge is 0.227 e. The second kappa shape index (κ2) is 8.81. The highest BCUT2D eigenvalue weighted by Crippen LogP contribution is 2.40. The van der Waals surface area contributed by atoms with Crippen molar-refractivity contribution in [3.63, 3.8) is 0 Å². The molecule has 1 saturated heterocycles. The minimum Gasteiger partial charge on any atom is -0.491 e. The Hall–Kier alpha value is -2.33. The van der Waals surface area contributed by atoms with Gasteiger partial charge in [0.25, 0.3) is 0 Å². The van der Waals surface area contributed by atoms with E-state index in [0.29, 0.717) is 25.0 Å². The third-order valence-electron chi connectivity index (χ3n) is 6.55. The number of likely N-dealkylation sites (N-methyl/N-ethyl adjacent to an activating group) is 1. The number of ether oxygens (including phenoxy) is 1. The molecule has 1 aliphatic heterocycles. The number of benzene rings is 2. The fraction of sp³-hybridized carbons (Fsp3) is 0.500. The first kappa shape index (κ1) is 20.9. The average molecular weight is 407 g/mol. The van der Waals surface area contributed by atoms with Crippen molar-refractivity contribution in [1.82, 2.24) is 9.80 Å². The molecule has 2 aromatic rings. The largest absolute Gasteiger partial charge is 0.491 e. The van der Waals surface area contributed by atoms with Gasteiger partial charge in [-0.2, -0.15) is 0 Å². The first-order valence-corrected chi connectivity index (χ1v) is 11.2. The fourth-order valence-corrected chi connectivity index (χ4v) is 5.11. The third kappa shape index (κ3) is 4.70. The Morgan fingerprint density at radius 2 is 1.73 bits per heavy atom. The lowest BCUT2D eigenvalue weighted by atomic mass is 10.0. The zero-order valence-electron chi connectivity index (χ0n) is 18.7. The number of rotatable bonds is 7. The van der Waals surface area contributed by atoms with Gasteiger partial charge in [-0.05, 0) is 69.8 Å². The number of carbonyl (C=O) groups excluding carboxylic acids is 1. The second-order valence-corrected chi connectivity index (χ2v) is 9.41. The highest BCUT2D eigenvalue weighted by atomic mass is 16.5. The molecule has 1 aliphatic carbocycles. The number of hydrogen-bond acceptors (Lipinski definition) is 3. The Balaban J connectivity index is 1.51. The van der Waals surface area contributed by atoms with Crippen molar-refractivity contribution in [3.8, 4) is 5.75 Å². The molecule has 0 spiro atoms. The summed E-state index contributed by atoms with van der Waals surface area (Å²) in [5.41, 5.74) is 3.50. The Bertz CT molecular complexity index is 860. The van der Waals surface area contributed by atoms with Crippen LogP contribution in [0.4, 0.5) is 0 Å². The molecule has 3 atom stereocenters. The van der Waals surface area contributed by atoms with Crippen LogP contribution in [0.5, 0.6) is 5.75 Å². The first-order chi connectivity index (χ1) is 14.4. The van der Waals surface area contributed by atoms with Gasteiger partial charge < -0.3 is 14.5 Å². The van der Waals surface area contributed by atoms with Crippen LogP contribution in [-0.2, 0) is 17.8 Å². The van der Waals surface area contributed by atoms with E-state index in [9.17, 15) is 4.79 Å². The van der Waals surface area contributed by atoms with Crippen molar-refractivity contribution in [2.24, 2.45) is 5.92 Å². The van der Waals surface area contributed by atoms with Crippen molar-refractivity contribution < 1.29 is 9.53 Å². The highest BCUT2D eigenvalue weighted by Gasteiger charge is 2.46. The van der Waals surface area contributed by atoms with Crippen LogP contribution >= 0.6 is 0 Å². The molecule has 4 rings (SSSR count). The van der Waals surface area contributed by atoms with Crippen molar-refractivity contribution >= 4 is 5.91 Å². The molecule has 2 fully saturated rings. The summed E-state index contributed by atoms with van der Waals surface area (Å²) in [4.78, 5) is 18.1. The number of hydrogen-bond donors (Lipinski definition) is 0. The van der Waals surface area contributed by atoms with Gasteiger partial charge in [0.2, 0.25) is 5.91 Å². The minimum atomic E-state index is 0.150. The monoisotopic (exact) mass is 406 g/mol. The van der Waals surface area contributed by atoms with Gasteiger partial charge >= 0.3 is 0 Å². The quantitative estimate of drug-likeness (QED) is 0.681. The maximum atomic E-state index is 13.5. The summed E-state index contributed by atoms with van der Waals surface area (Å²) in [6.07, 6.45) is 2.94. The van der Waals surface area contributed by atoms with E-state index in [2.05, 4.69) is 48.0 Å². The molecule has 2 bridgehead atoms. The number of nitrogens with zero attached hydrogens (tertiary/aromatic N) is 2. The molecule has 4 nitrogen and oxygen atoms in total. The SMILES string of the molecule is Cc1ccc(CN(C(=O)Cc2ccc(OC(C)C)cc2)[C@@H]2C[C@H]3C[C@@H]2N(C)C3)cc1. The lowest BCUT2D eigenvalue weighted by molar-refractivity contribution is -0.135. The van der Waals surface area contributed by atoms with Gasteiger partial charge in [0.05, 0.1) is 12.5 Å². The molecule has 4 heteroatoms. The van der Waals surface area contributed by atoms with E-state index in [1.54, 1.807) is 0 Å². The maximum Gasteiger partial charge on any atom is 0.227 e. The summed E-state index contributed by atoms with van der Waals surface area (Å²) in [5, 5.41) is 0. The molecular weight excluding hydrogens is 372 g/mol. The number of piperidine rings is 1. The van der Waals surface area contributed by atoms with E-state index in [1.165, 1.54) is 24.1 Å². The van der Waals surface area contributed by atoms with Crippen molar-refractivity contribution in [3.05, 3.63) is 65.2 Å². The molecule has 0 radical (unpaired) electrons. The van der Waals surface area contributed by atoms with Gasteiger partial charge in [0, 0.05) is 25.2 Å². The standard InChI is InChI=1S/C26H34N2O2/c1-18(2)30-23-11-9-20(10-12-23)15-26(29)28(17-21-7-5-19(3)6-8-21)25-14-22-13-24(25)27(4)16-22/h5-12,18,22,24-25H,13-17H2,1-4H3/t22-,24+,25-/m1/s1. The van der Waals surface area contributed by atoms with E-state index in [-0.39, 0.29) is 12.0 Å². The van der Waals surface area contributed by atoms with Gasteiger partial charge in [0.1, 0.15) is 5.75 Å². The maximum absolute atomic E-state index is 13.5. The summed E-state index contributed by atoms with van der Waals surface area (Å²) in [7, 11) is 2.21. The van der Waals surface area contributed by atoms with E-state index >= 15 is 0 Å². The zero-order valence-corrected chi connectivity index (χ0v) is 18.7. The van der Waals surface area contributed by atoms with Crippen LogP contribution in [0.15, 0.2) is 48.5 Å². The lowest BCUT2D eigenvalue weighted by Gasteiger charge is -2.39. The molecule has 0 aromatic heterocycles. The van der Waals surface area contributed by atoms with Gasteiger partial charge in [-0.1, -0.05) is 42.0 Å². The minimum absolute atomic E-state index is 0.150. The summed E-state index contributed by atoms with van der Waals surface area (Å²) >= 11 is 0. The molecule has 0 unspecified atom stereocenters. The molecule has 2 aliphatic rings. The predicted molar refractivity (Wildman–Crippen MR) is 121 cm³/mol. The van der Waals surface area contributed by atoms with Crippen LogP contribution in [0.25, 0.3) is 0 Å². The predicted octanol–water partition coefficient (Wildman–Crippen LogP) is 4.45. The van der Waals surface area contributed by atoms with Crippen molar-refractivity contribution in [1.29, 1.82) is 0 Å². The van der Waals surface area contributed by atoms with Crippen LogP contribution < -0.4 is 4.74 Å². The number of amides is 1. The molecule has 2 aromatic carbocycles. The Morgan fingerprint density at radius 3 is 2.33 bits per heavy atom. The van der Waals surface area contributed by atoms with Crippen LogP contribution in [0, 0.1) is 12.8 Å². The van der Waals surface area contributed by atoms with Crippen molar-refractivity contribution in [2.45, 2.75) is 64.8 Å². The van der Waals surface area contributed by atoms with Gasteiger partial charge in [0.15, 0.2) is 0 Å². The average Bonchev–Trinajstić information content (AvgIpc) is 3.28. The molecule has 1 amide bonds. The normalized spacial score (nSPS) is 23.2. The summed E-state index contributed by atoms with van der Waals surface area (Å²) < 4.78 is 5.74. The molecule has 1 saturated carbocycles. The molecule has 160 valence electrons. The van der Waals surface area contributed by atoms with Gasteiger partial charge in [-0.25, -0.2) is 0 Å². The summed E-state index contributed by atoms with van der Waals surface area (Å²) in [5.74, 6) is 1.80. The fourth-order valence-electron chi connectivity index (χ4n) is 5.11. The van der Waals surface area contributed by atoms with E-state index in [0.717, 1.165) is 23.7 Å². The van der Waals surface area contributed by atoms with Crippen LogP contribution in [-0.4, -0.2) is 47.5 Å². The topological polar surface area (TPSA) is 32.8 Å². The van der Waals surface area contributed by atoms with Crippen LogP contribution in [0.2, 0.25) is 0 Å². The zero-order chi connectivity index (χ0) is 21.3. The van der Waals surface area contributed by atoms with Crippen molar-refractivity contribution in [2.75, 3.05) is 13.6 Å². The second-order valence-electron chi connectivity index (χ2n) is 9.41. The highest BCUT2D eigenvalue weighted by molar-refractivity contribution is 5.79. The summed E-state index contributed by atoms with van der Waals surface area (Å²) in [6.45, 7) is 8.00. The van der Waals surface area contributed by atoms with E-state index in [4.69, 9.17) is 4.74 Å².